The van der Waals surface area contributed by atoms with E-state index >= 15 is 0 Å². The summed E-state index contributed by atoms with van der Waals surface area (Å²) in [7, 11) is 0. The molecule has 0 aliphatic heterocycles. The second kappa shape index (κ2) is 9.52. The molecule has 5 nitrogen and oxygen atoms in total. The predicted octanol–water partition coefficient (Wildman–Crippen LogP) is 3.46. The van der Waals surface area contributed by atoms with E-state index in [1.54, 1.807) is 0 Å². The van der Waals surface area contributed by atoms with Crippen LogP contribution in [-0.4, -0.2) is 48.3 Å². The van der Waals surface area contributed by atoms with E-state index in [4.69, 9.17) is 9.84 Å². The lowest BCUT2D eigenvalue weighted by Gasteiger charge is -2.28. The number of rotatable bonds is 9. The first-order valence-corrected chi connectivity index (χ1v) is 9.07. The highest BCUT2D eigenvalue weighted by molar-refractivity contribution is 5.70. The van der Waals surface area contributed by atoms with Gasteiger partial charge in [-0.2, -0.15) is 0 Å². The van der Waals surface area contributed by atoms with Gasteiger partial charge in [-0.3, -0.25) is 4.79 Å². The number of hydrogen-bond acceptors (Lipinski definition) is 4. The third kappa shape index (κ3) is 5.41. The number of para-hydroxylation sites is 2. The summed E-state index contributed by atoms with van der Waals surface area (Å²) in [5.74, 6) is 0.0437. The molecular weight excluding hydrogens is 304 g/mol. The van der Waals surface area contributed by atoms with Crippen LogP contribution in [0.25, 0.3) is 0 Å². The van der Waals surface area contributed by atoms with Gasteiger partial charge in [-0.05, 0) is 50.9 Å². The second-order valence-electron chi connectivity index (χ2n) is 6.40. The highest BCUT2D eigenvalue weighted by Gasteiger charge is 2.26. The Morgan fingerprint density at radius 2 is 1.88 bits per heavy atom. The molecule has 1 aliphatic rings. The van der Waals surface area contributed by atoms with Crippen molar-refractivity contribution in [1.29, 1.82) is 0 Å². The number of likely N-dealkylation sites (N-methyl/N-ethyl adjacent to an activating group) is 1. The molecule has 5 heteroatoms. The van der Waals surface area contributed by atoms with Gasteiger partial charge in [0.15, 0.2) is 0 Å². The van der Waals surface area contributed by atoms with Crippen LogP contribution in [0.5, 0.6) is 5.75 Å². The lowest BCUT2D eigenvalue weighted by molar-refractivity contribution is -0.142. The molecule has 0 unspecified atom stereocenters. The van der Waals surface area contributed by atoms with Gasteiger partial charge in [0, 0.05) is 12.6 Å². The van der Waals surface area contributed by atoms with Crippen LogP contribution >= 0.6 is 0 Å². The Kier molecular flexibility index (Phi) is 7.37. The van der Waals surface area contributed by atoms with Crippen LogP contribution < -0.4 is 10.1 Å². The van der Waals surface area contributed by atoms with E-state index in [9.17, 15) is 4.79 Å². The fourth-order valence-electron chi connectivity index (χ4n) is 3.24. The first-order valence-electron chi connectivity index (χ1n) is 9.07. The number of hydrogen-bond donors (Lipinski definition) is 2. The van der Waals surface area contributed by atoms with Crippen LogP contribution in [0.2, 0.25) is 0 Å². The van der Waals surface area contributed by atoms with E-state index in [0.29, 0.717) is 12.6 Å². The molecule has 1 saturated carbocycles. The zero-order chi connectivity index (χ0) is 17.4. The standard InChI is InChI=1S/C19H30N2O3/c1-3-21(4-2)13-14-24-18-8-6-5-7-17(18)20-16-11-9-15(10-12-16)19(22)23/h5-8,15-16,20H,3-4,9-14H2,1-2H3,(H,22,23). The van der Waals surface area contributed by atoms with E-state index in [0.717, 1.165) is 56.8 Å². The van der Waals surface area contributed by atoms with Crippen molar-refractivity contribution >= 4 is 11.7 Å². The minimum Gasteiger partial charge on any atom is -0.490 e. The van der Waals surface area contributed by atoms with Gasteiger partial charge < -0.3 is 20.1 Å². The zero-order valence-electron chi connectivity index (χ0n) is 14.8. The van der Waals surface area contributed by atoms with Crippen molar-refractivity contribution in [2.75, 3.05) is 31.6 Å². The van der Waals surface area contributed by atoms with E-state index in [2.05, 4.69) is 24.1 Å². The number of carboxylic acid groups (broad SMARTS) is 1. The number of benzene rings is 1. The third-order valence-electron chi connectivity index (χ3n) is 4.88. The molecule has 2 rings (SSSR count). The summed E-state index contributed by atoms with van der Waals surface area (Å²) in [5, 5.41) is 12.6. The van der Waals surface area contributed by atoms with Crippen LogP contribution in [0.3, 0.4) is 0 Å². The number of carboxylic acids is 1. The van der Waals surface area contributed by atoms with Crippen LogP contribution in [-0.2, 0) is 4.79 Å². The Morgan fingerprint density at radius 1 is 1.21 bits per heavy atom. The molecule has 24 heavy (non-hydrogen) atoms. The van der Waals surface area contributed by atoms with Crippen LogP contribution in [0.15, 0.2) is 24.3 Å². The molecule has 2 N–H and O–H groups in total. The Balaban J connectivity index is 1.86. The van der Waals surface area contributed by atoms with Crippen LogP contribution in [0.4, 0.5) is 5.69 Å². The summed E-state index contributed by atoms with van der Waals surface area (Å²) in [6, 6.07) is 8.35. The van der Waals surface area contributed by atoms with Gasteiger partial charge in [0.25, 0.3) is 0 Å². The minimum absolute atomic E-state index is 0.177. The topological polar surface area (TPSA) is 61.8 Å². The Labute approximate surface area is 145 Å². The monoisotopic (exact) mass is 334 g/mol. The molecule has 1 aliphatic carbocycles. The molecule has 0 atom stereocenters. The number of anilines is 1. The minimum atomic E-state index is -0.659. The van der Waals surface area contributed by atoms with E-state index in [-0.39, 0.29) is 5.92 Å². The summed E-state index contributed by atoms with van der Waals surface area (Å²) in [6.45, 7) is 7.98. The zero-order valence-corrected chi connectivity index (χ0v) is 14.8. The first-order chi connectivity index (χ1) is 11.6. The van der Waals surface area contributed by atoms with Crippen LogP contribution in [0.1, 0.15) is 39.5 Å². The molecule has 1 aromatic carbocycles. The van der Waals surface area contributed by atoms with Gasteiger partial charge in [0.2, 0.25) is 0 Å². The highest BCUT2D eigenvalue weighted by atomic mass is 16.5. The molecule has 1 fully saturated rings. The van der Waals surface area contributed by atoms with E-state index in [1.165, 1.54) is 0 Å². The number of nitrogens with zero attached hydrogens (tertiary/aromatic N) is 1. The normalized spacial score (nSPS) is 20.8. The highest BCUT2D eigenvalue weighted by Crippen LogP contribution is 2.30. The lowest BCUT2D eigenvalue weighted by Crippen LogP contribution is -2.30. The molecule has 0 amide bonds. The largest absolute Gasteiger partial charge is 0.490 e. The molecule has 0 bridgehead atoms. The smallest absolute Gasteiger partial charge is 0.306 e. The number of ether oxygens (including phenoxy) is 1. The maximum Gasteiger partial charge on any atom is 0.306 e. The van der Waals surface area contributed by atoms with Crippen molar-refractivity contribution in [2.24, 2.45) is 5.92 Å². The quantitative estimate of drug-likeness (QED) is 0.724. The fourth-order valence-corrected chi connectivity index (χ4v) is 3.24. The van der Waals surface area contributed by atoms with Crippen molar-refractivity contribution in [1.82, 2.24) is 4.90 Å². The van der Waals surface area contributed by atoms with Gasteiger partial charge >= 0.3 is 5.97 Å². The molecule has 1 aromatic rings. The predicted molar refractivity (Wildman–Crippen MR) is 96.7 cm³/mol. The molecule has 0 aromatic heterocycles. The van der Waals surface area contributed by atoms with Gasteiger partial charge in [-0.25, -0.2) is 0 Å². The number of nitrogens with one attached hydrogen (secondary N) is 1. The fraction of sp³-hybridized carbons (Fsp3) is 0.632. The molecule has 0 saturated heterocycles. The SMILES string of the molecule is CCN(CC)CCOc1ccccc1NC1CCC(C(=O)O)CC1. The molecule has 0 radical (unpaired) electrons. The average Bonchev–Trinajstić information content (AvgIpc) is 2.60. The van der Waals surface area contributed by atoms with Crippen molar-refractivity contribution in [3.63, 3.8) is 0 Å². The Morgan fingerprint density at radius 3 is 2.50 bits per heavy atom. The number of aliphatic carboxylic acids is 1. The summed E-state index contributed by atoms with van der Waals surface area (Å²) in [5.41, 5.74) is 1.01. The Hall–Kier alpha value is -1.75. The van der Waals surface area contributed by atoms with Crippen LogP contribution in [0, 0.1) is 5.92 Å². The van der Waals surface area contributed by atoms with Crippen molar-refractivity contribution < 1.29 is 14.6 Å². The molecule has 134 valence electrons. The van der Waals surface area contributed by atoms with Gasteiger partial charge in [-0.1, -0.05) is 26.0 Å². The van der Waals surface area contributed by atoms with Gasteiger partial charge in [-0.15, -0.1) is 0 Å². The first kappa shape index (κ1) is 18.6. The molecular formula is C19H30N2O3. The van der Waals surface area contributed by atoms with E-state index in [1.807, 2.05) is 24.3 Å². The summed E-state index contributed by atoms with van der Waals surface area (Å²) in [6.07, 6.45) is 3.28. The maximum absolute atomic E-state index is 11.1. The molecule has 0 spiro atoms. The Bertz CT molecular complexity index is 509. The van der Waals surface area contributed by atoms with Crippen molar-refractivity contribution in [3.8, 4) is 5.75 Å². The average molecular weight is 334 g/mol. The number of carbonyl (C=O) groups is 1. The summed E-state index contributed by atoms with van der Waals surface area (Å²) < 4.78 is 5.97. The van der Waals surface area contributed by atoms with Crippen molar-refractivity contribution in [3.05, 3.63) is 24.3 Å². The third-order valence-corrected chi connectivity index (χ3v) is 4.88. The maximum atomic E-state index is 11.1. The second-order valence-corrected chi connectivity index (χ2v) is 6.40. The molecule has 0 heterocycles. The summed E-state index contributed by atoms with van der Waals surface area (Å²) >= 11 is 0. The van der Waals surface area contributed by atoms with Crippen molar-refractivity contribution in [2.45, 2.75) is 45.6 Å². The van der Waals surface area contributed by atoms with E-state index < -0.39 is 5.97 Å². The summed E-state index contributed by atoms with van der Waals surface area (Å²) in [4.78, 5) is 13.4. The van der Waals surface area contributed by atoms with Gasteiger partial charge in [0.1, 0.15) is 12.4 Å². The van der Waals surface area contributed by atoms with Gasteiger partial charge in [0.05, 0.1) is 11.6 Å². The lowest BCUT2D eigenvalue weighted by atomic mass is 9.86.